The molecule has 9 nitrogen and oxygen atoms in total. The number of likely N-dealkylation sites (tertiary alicyclic amines) is 1. The molecule has 3 heterocycles. The van der Waals surface area contributed by atoms with E-state index in [9.17, 15) is 31.9 Å². The number of hydrogen-bond donors (Lipinski definition) is 1. The van der Waals surface area contributed by atoms with Gasteiger partial charge in [0, 0.05) is 19.3 Å². The van der Waals surface area contributed by atoms with Crippen molar-refractivity contribution >= 4 is 23.7 Å². The van der Waals surface area contributed by atoms with Crippen molar-refractivity contribution in [3.63, 3.8) is 0 Å². The summed E-state index contributed by atoms with van der Waals surface area (Å²) in [5.41, 5.74) is -0.0251. The van der Waals surface area contributed by atoms with Crippen molar-refractivity contribution in [1.82, 2.24) is 14.5 Å². The van der Waals surface area contributed by atoms with E-state index in [1.54, 1.807) is 13.8 Å². The fourth-order valence-electron chi connectivity index (χ4n) is 4.18. The standard InChI is InChI=1S/C28H26F4N4O5/c1-5-16-8-21(25(38)35(4)12-16)24(37)34-22-9-17(10-23(33-22)40-15(2)3)19-7-6-18(41-27(29)30)11-20(19)26(39)36-13-28(31,32)14-36/h5-12,15,27H,1,13-14H2,2-4H3,(H,33,34,37). The highest BCUT2D eigenvalue weighted by atomic mass is 19.3. The second-order valence-electron chi connectivity index (χ2n) is 9.61. The highest BCUT2D eigenvalue weighted by molar-refractivity contribution is 6.05. The monoisotopic (exact) mass is 574 g/mol. The minimum absolute atomic E-state index is 0.0299. The maximum atomic E-state index is 13.5. The first kappa shape index (κ1) is 29.3. The van der Waals surface area contributed by atoms with Crippen LogP contribution in [0.4, 0.5) is 23.4 Å². The third kappa shape index (κ3) is 6.73. The van der Waals surface area contributed by atoms with Crippen LogP contribution in [0.5, 0.6) is 11.6 Å². The first-order valence-corrected chi connectivity index (χ1v) is 12.4. The fraction of sp³-hybridized carbons (Fsp3) is 0.286. The lowest BCUT2D eigenvalue weighted by Crippen LogP contribution is -2.58. The second-order valence-corrected chi connectivity index (χ2v) is 9.61. The van der Waals surface area contributed by atoms with Crippen LogP contribution in [0, 0.1) is 0 Å². The molecule has 0 bridgehead atoms. The fourth-order valence-corrected chi connectivity index (χ4v) is 4.18. The van der Waals surface area contributed by atoms with Crippen molar-refractivity contribution in [2.24, 2.45) is 7.05 Å². The number of benzene rings is 1. The third-order valence-electron chi connectivity index (χ3n) is 5.97. The molecule has 1 aromatic carbocycles. The van der Waals surface area contributed by atoms with Crippen LogP contribution in [0.3, 0.4) is 0 Å². The third-order valence-corrected chi connectivity index (χ3v) is 5.97. The number of alkyl halides is 4. The predicted octanol–water partition coefficient (Wildman–Crippen LogP) is 4.82. The minimum atomic E-state index is -3.18. The Kier molecular flexibility index (Phi) is 8.17. The van der Waals surface area contributed by atoms with Crippen molar-refractivity contribution in [1.29, 1.82) is 0 Å². The first-order valence-electron chi connectivity index (χ1n) is 12.4. The van der Waals surface area contributed by atoms with E-state index in [-0.39, 0.29) is 45.8 Å². The number of hydrogen-bond acceptors (Lipinski definition) is 6. The summed E-state index contributed by atoms with van der Waals surface area (Å²) in [5, 5.41) is 2.55. The van der Waals surface area contributed by atoms with Gasteiger partial charge in [-0.25, -0.2) is 8.78 Å². The van der Waals surface area contributed by atoms with Gasteiger partial charge >= 0.3 is 6.61 Å². The van der Waals surface area contributed by atoms with Crippen LogP contribution in [0.25, 0.3) is 17.2 Å². The smallest absolute Gasteiger partial charge is 0.387 e. The van der Waals surface area contributed by atoms with Crippen molar-refractivity contribution < 1.29 is 36.6 Å². The number of carbonyl (C=O) groups is 2. The summed E-state index contributed by atoms with van der Waals surface area (Å²) in [6, 6.07) is 7.71. The van der Waals surface area contributed by atoms with E-state index in [2.05, 4.69) is 21.6 Å². The van der Waals surface area contributed by atoms with Gasteiger partial charge in [0.1, 0.15) is 17.1 Å². The molecule has 3 aromatic rings. The average molecular weight is 575 g/mol. The summed E-state index contributed by atoms with van der Waals surface area (Å²) < 4.78 is 64.2. The molecule has 216 valence electrons. The lowest BCUT2D eigenvalue weighted by molar-refractivity contribution is -0.113. The Hall–Kier alpha value is -4.68. The average Bonchev–Trinajstić information content (AvgIpc) is 2.87. The molecule has 1 aliphatic rings. The molecule has 0 radical (unpaired) electrons. The molecule has 13 heteroatoms. The Morgan fingerprint density at radius 1 is 1.10 bits per heavy atom. The molecule has 0 saturated carbocycles. The molecule has 0 aliphatic carbocycles. The van der Waals surface area contributed by atoms with E-state index < -0.39 is 43.0 Å². The zero-order valence-electron chi connectivity index (χ0n) is 22.3. The van der Waals surface area contributed by atoms with E-state index in [0.717, 1.165) is 11.0 Å². The van der Waals surface area contributed by atoms with Crippen LogP contribution in [-0.4, -0.2) is 58.0 Å². The zero-order valence-corrected chi connectivity index (χ0v) is 22.3. The number of aryl methyl sites for hydroxylation is 1. The molecule has 1 fully saturated rings. The van der Waals surface area contributed by atoms with Gasteiger partial charge < -0.3 is 24.3 Å². The second kappa shape index (κ2) is 11.4. The number of rotatable bonds is 9. The van der Waals surface area contributed by atoms with Crippen molar-refractivity contribution in [3.8, 4) is 22.8 Å². The molecule has 0 unspecified atom stereocenters. The van der Waals surface area contributed by atoms with Crippen LogP contribution < -0.4 is 20.3 Å². The molecule has 1 aliphatic heterocycles. The summed E-state index contributed by atoms with van der Waals surface area (Å²) in [5.74, 6) is -5.05. The normalized spacial score (nSPS) is 14.0. The molecule has 0 atom stereocenters. The molecule has 0 spiro atoms. The molecule has 4 rings (SSSR count). The first-order chi connectivity index (χ1) is 19.3. The molecule has 41 heavy (non-hydrogen) atoms. The number of halogens is 4. The number of nitrogens with one attached hydrogen (secondary N) is 1. The summed E-state index contributed by atoms with van der Waals surface area (Å²) in [6.45, 7) is 2.26. The SMILES string of the molecule is C=Cc1cc(C(=O)Nc2cc(-c3ccc(OC(F)F)cc3C(=O)N3CC(F)(F)C3)cc(OC(C)C)n2)c(=O)n(C)c1. The van der Waals surface area contributed by atoms with Crippen LogP contribution in [0.2, 0.25) is 0 Å². The lowest BCUT2D eigenvalue weighted by Gasteiger charge is -2.39. The van der Waals surface area contributed by atoms with E-state index >= 15 is 0 Å². The molecular formula is C28H26F4N4O5. The Morgan fingerprint density at radius 3 is 2.41 bits per heavy atom. The molecule has 1 saturated heterocycles. The highest BCUT2D eigenvalue weighted by Crippen LogP contribution is 2.35. The number of anilines is 1. The van der Waals surface area contributed by atoms with Crippen LogP contribution >= 0.6 is 0 Å². The number of amides is 2. The summed E-state index contributed by atoms with van der Waals surface area (Å²) in [4.78, 5) is 44.0. The van der Waals surface area contributed by atoms with Gasteiger partial charge in [-0.2, -0.15) is 13.8 Å². The predicted molar refractivity (Wildman–Crippen MR) is 143 cm³/mol. The number of nitrogens with zero attached hydrogens (tertiary/aromatic N) is 3. The van der Waals surface area contributed by atoms with Gasteiger partial charge in [0.05, 0.1) is 24.8 Å². The van der Waals surface area contributed by atoms with Crippen molar-refractivity contribution in [2.75, 3.05) is 18.4 Å². The van der Waals surface area contributed by atoms with Crippen LogP contribution in [-0.2, 0) is 7.05 Å². The maximum Gasteiger partial charge on any atom is 0.387 e. The van der Waals surface area contributed by atoms with Gasteiger partial charge in [-0.3, -0.25) is 14.4 Å². The summed E-state index contributed by atoms with van der Waals surface area (Å²) >= 11 is 0. The number of aromatic nitrogens is 2. The van der Waals surface area contributed by atoms with Gasteiger partial charge in [0.25, 0.3) is 23.3 Å². The Bertz CT molecular complexity index is 1560. The van der Waals surface area contributed by atoms with Crippen LogP contribution in [0.1, 0.15) is 40.1 Å². The Morgan fingerprint density at radius 2 is 1.80 bits per heavy atom. The Labute approximate surface area is 232 Å². The molecular weight excluding hydrogens is 548 g/mol. The topological polar surface area (TPSA) is 103 Å². The lowest BCUT2D eigenvalue weighted by atomic mass is 9.97. The van der Waals surface area contributed by atoms with Gasteiger partial charge in [-0.15, -0.1) is 0 Å². The molecule has 2 aromatic heterocycles. The van der Waals surface area contributed by atoms with E-state index in [4.69, 9.17) is 4.74 Å². The van der Waals surface area contributed by atoms with Crippen LogP contribution in [0.15, 0.2) is 54.0 Å². The summed E-state index contributed by atoms with van der Waals surface area (Å²) in [6.07, 6.45) is 2.62. The van der Waals surface area contributed by atoms with E-state index in [1.807, 2.05) is 0 Å². The summed E-state index contributed by atoms with van der Waals surface area (Å²) in [7, 11) is 1.48. The maximum absolute atomic E-state index is 13.5. The number of carbonyl (C=O) groups excluding carboxylic acids is 2. The van der Waals surface area contributed by atoms with Gasteiger partial charge in [0.15, 0.2) is 0 Å². The van der Waals surface area contributed by atoms with E-state index in [0.29, 0.717) is 5.56 Å². The van der Waals surface area contributed by atoms with Crippen molar-refractivity contribution in [3.05, 3.63) is 76.2 Å². The quantitative estimate of drug-likeness (QED) is 0.368. The molecule has 2 amide bonds. The zero-order chi connectivity index (χ0) is 30.1. The molecule has 1 N–H and O–H groups in total. The number of pyridine rings is 2. The number of ether oxygens (including phenoxy) is 2. The Balaban J connectivity index is 1.79. The van der Waals surface area contributed by atoms with Gasteiger partial charge in [-0.05, 0) is 60.9 Å². The van der Waals surface area contributed by atoms with Gasteiger partial charge in [0.2, 0.25) is 5.88 Å². The van der Waals surface area contributed by atoms with Crippen molar-refractivity contribution in [2.45, 2.75) is 32.5 Å². The van der Waals surface area contributed by atoms with Gasteiger partial charge in [-0.1, -0.05) is 12.7 Å². The minimum Gasteiger partial charge on any atom is -0.475 e. The van der Waals surface area contributed by atoms with E-state index in [1.165, 1.54) is 54.2 Å². The largest absolute Gasteiger partial charge is 0.475 e. The highest BCUT2D eigenvalue weighted by Gasteiger charge is 2.46.